The van der Waals surface area contributed by atoms with Crippen LogP contribution >= 0.6 is 0 Å². The van der Waals surface area contributed by atoms with Gasteiger partial charge in [0.05, 0.1) is 18.6 Å². The van der Waals surface area contributed by atoms with Crippen molar-refractivity contribution in [3.63, 3.8) is 0 Å². The van der Waals surface area contributed by atoms with Gasteiger partial charge in [0.2, 0.25) is 10.0 Å². The summed E-state index contributed by atoms with van der Waals surface area (Å²) in [6.45, 7) is 0.220. The van der Waals surface area contributed by atoms with E-state index in [-0.39, 0.29) is 12.3 Å². The molecule has 0 atom stereocenters. The van der Waals surface area contributed by atoms with E-state index in [1.807, 2.05) is 0 Å². The molecule has 2 aromatic rings. The SMILES string of the molecule is CN(Cc1ccco1)S(=O)(=O)Cc1cccc(N)c1. The highest BCUT2D eigenvalue weighted by molar-refractivity contribution is 7.88. The second-order valence-electron chi connectivity index (χ2n) is 4.34. The highest BCUT2D eigenvalue weighted by Crippen LogP contribution is 2.15. The van der Waals surface area contributed by atoms with Gasteiger partial charge >= 0.3 is 0 Å². The van der Waals surface area contributed by atoms with E-state index in [1.165, 1.54) is 17.6 Å². The van der Waals surface area contributed by atoms with Gasteiger partial charge in [0.15, 0.2) is 0 Å². The largest absolute Gasteiger partial charge is 0.468 e. The molecule has 0 radical (unpaired) electrons. The highest BCUT2D eigenvalue weighted by atomic mass is 32.2. The van der Waals surface area contributed by atoms with Gasteiger partial charge < -0.3 is 10.2 Å². The van der Waals surface area contributed by atoms with Crippen LogP contribution in [0.2, 0.25) is 0 Å². The number of benzene rings is 1. The molecule has 2 rings (SSSR count). The van der Waals surface area contributed by atoms with Crippen LogP contribution in [0.1, 0.15) is 11.3 Å². The lowest BCUT2D eigenvalue weighted by Crippen LogP contribution is -2.27. The fourth-order valence-corrected chi connectivity index (χ4v) is 2.87. The molecule has 1 aromatic carbocycles. The summed E-state index contributed by atoms with van der Waals surface area (Å²) in [4.78, 5) is 0. The maximum Gasteiger partial charge on any atom is 0.218 e. The van der Waals surface area contributed by atoms with Crippen LogP contribution in [0.25, 0.3) is 0 Å². The van der Waals surface area contributed by atoms with E-state index in [0.717, 1.165) is 0 Å². The Bertz CT molecular complexity index is 636. The Kier molecular flexibility index (Phi) is 3.92. The van der Waals surface area contributed by atoms with Crippen LogP contribution in [0.15, 0.2) is 47.1 Å². The van der Waals surface area contributed by atoms with Crippen LogP contribution in [0.3, 0.4) is 0 Å². The number of nitrogen functional groups attached to an aromatic ring is 1. The first-order valence-corrected chi connectivity index (χ1v) is 7.39. The molecule has 0 spiro atoms. The lowest BCUT2D eigenvalue weighted by molar-refractivity contribution is 0.406. The van der Waals surface area contributed by atoms with Gasteiger partial charge in [-0.1, -0.05) is 12.1 Å². The Balaban J connectivity index is 2.09. The van der Waals surface area contributed by atoms with Crippen molar-refractivity contribution in [2.45, 2.75) is 12.3 Å². The second kappa shape index (κ2) is 5.46. The van der Waals surface area contributed by atoms with Crippen molar-refractivity contribution in [2.24, 2.45) is 0 Å². The minimum Gasteiger partial charge on any atom is -0.468 e. The van der Waals surface area contributed by atoms with Crippen molar-refractivity contribution in [2.75, 3.05) is 12.8 Å². The minimum atomic E-state index is -3.39. The van der Waals surface area contributed by atoms with Gasteiger partial charge in [0.25, 0.3) is 0 Å². The highest BCUT2D eigenvalue weighted by Gasteiger charge is 2.19. The number of furan rings is 1. The Morgan fingerprint density at radius 2 is 2.05 bits per heavy atom. The fraction of sp³-hybridized carbons (Fsp3) is 0.231. The normalized spacial score (nSPS) is 11.9. The zero-order valence-corrected chi connectivity index (χ0v) is 11.4. The van der Waals surface area contributed by atoms with Crippen LogP contribution in [0.4, 0.5) is 5.69 Å². The molecule has 102 valence electrons. The Hall–Kier alpha value is -1.79. The van der Waals surface area contributed by atoms with E-state index >= 15 is 0 Å². The monoisotopic (exact) mass is 280 g/mol. The van der Waals surface area contributed by atoms with E-state index in [0.29, 0.717) is 17.0 Å². The minimum absolute atomic E-state index is 0.0742. The van der Waals surface area contributed by atoms with Crippen molar-refractivity contribution in [3.05, 3.63) is 54.0 Å². The Morgan fingerprint density at radius 1 is 1.26 bits per heavy atom. The van der Waals surface area contributed by atoms with E-state index in [4.69, 9.17) is 10.2 Å². The number of sulfonamides is 1. The number of nitrogens with zero attached hydrogens (tertiary/aromatic N) is 1. The molecule has 0 saturated carbocycles. The van der Waals surface area contributed by atoms with E-state index in [9.17, 15) is 8.42 Å². The van der Waals surface area contributed by atoms with E-state index < -0.39 is 10.0 Å². The van der Waals surface area contributed by atoms with Gasteiger partial charge in [-0.05, 0) is 29.8 Å². The first-order chi connectivity index (χ1) is 8.97. The standard InChI is InChI=1S/C13H16N2O3S/c1-15(9-13-6-3-7-18-13)19(16,17)10-11-4-2-5-12(14)8-11/h2-8H,9-10,14H2,1H3. The first-order valence-electron chi connectivity index (χ1n) is 5.78. The molecular formula is C13H16N2O3S. The number of anilines is 1. The molecule has 6 heteroatoms. The topological polar surface area (TPSA) is 76.5 Å². The summed E-state index contributed by atoms with van der Waals surface area (Å²) < 4.78 is 30.8. The lowest BCUT2D eigenvalue weighted by atomic mass is 10.2. The fourth-order valence-electron chi connectivity index (χ4n) is 1.72. The zero-order chi connectivity index (χ0) is 13.9. The smallest absolute Gasteiger partial charge is 0.218 e. The zero-order valence-electron chi connectivity index (χ0n) is 10.6. The number of rotatable bonds is 5. The summed E-state index contributed by atoms with van der Waals surface area (Å²) in [6.07, 6.45) is 1.52. The van der Waals surface area contributed by atoms with E-state index in [1.54, 1.807) is 36.4 Å². The molecule has 1 heterocycles. The lowest BCUT2D eigenvalue weighted by Gasteiger charge is -2.16. The average Bonchev–Trinajstić information content (AvgIpc) is 2.81. The molecule has 2 N–H and O–H groups in total. The molecule has 0 unspecified atom stereocenters. The molecular weight excluding hydrogens is 264 g/mol. The number of nitrogens with two attached hydrogens (primary N) is 1. The summed E-state index contributed by atoms with van der Waals surface area (Å²) in [5.74, 6) is 0.536. The molecule has 0 amide bonds. The van der Waals surface area contributed by atoms with Crippen molar-refractivity contribution in [3.8, 4) is 0 Å². The predicted octanol–water partition coefficient (Wildman–Crippen LogP) is 1.82. The molecule has 5 nitrogen and oxygen atoms in total. The molecule has 19 heavy (non-hydrogen) atoms. The van der Waals surface area contributed by atoms with Gasteiger partial charge in [0.1, 0.15) is 5.76 Å². The van der Waals surface area contributed by atoms with Crippen molar-refractivity contribution >= 4 is 15.7 Å². The third-order valence-corrected chi connectivity index (χ3v) is 4.51. The molecule has 0 saturated heterocycles. The summed E-state index contributed by atoms with van der Waals surface area (Å²) in [7, 11) is -1.86. The van der Waals surface area contributed by atoms with Gasteiger partial charge in [-0.2, -0.15) is 4.31 Å². The Labute approximate surface area is 112 Å². The number of hydrogen-bond acceptors (Lipinski definition) is 4. The molecule has 0 aliphatic carbocycles. The average molecular weight is 280 g/mol. The molecule has 1 aromatic heterocycles. The summed E-state index contributed by atoms with van der Waals surface area (Å²) in [5, 5.41) is 0. The number of hydrogen-bond donors (Lipinski definition) is 1. The quantitative estimate of drug-likeness (QED) is 0.848. The molecule has 0 fully saturated rings. The Morgan fingerprint density at radius 3 is 2.68 bits per heavy atom. The van der Waals surface area contributed by atoms with Crippen molar-refractivity contribution in [1.82, 2.24) is 4.31 Å². The predicted molar refractivity (Wildman–Crippen MR) is 73.7 cm³/mol. The summed E-state index contributed by atoms with van der Waals surface area (Å²) in [5.41, 5.74) is 6.87. The van der Waals surface area contributed by atoms with Gasteiger partial charge in [-0.15, -0.1) is 0 Å². The van der Waals surface area contributed by atoms with Crippen molar-refractivity contribution in [1.29, 1.82) is 0 Å². The third kappa shape index (κ3) is 3.59. The van der Waals surface area contributed by atoms with Gasteiger partial charge in [-0.3, -0.25) is 0 Å². The third-order valence-electron chi connectivity index (χ3n) is 2.73. The van der Waals surface area contributed by atoms with Crippen LogP contribution in [0.5, 0.6) is 0 Å². The van der Waals surface area contributed by atoms with Crippen LogP contribution < -0.4 is 5.73 Å². The molecule has 0 bridgehead atoms. The van der Waals surface area contributed by atoms with Crippen molar-refractivity contribution < 1.29 is 12.8 Å². The van der Waals surface area contributed by atoms with Gasteiger partial charge in [-0.25, -0.2) is 8.42 Å². The van der Waals surface area contributed by atoms with Crippen LogP contribution in [-0.4, -0.2) is 19.8 Å². The molecule has 0 aliphatic heterocycles. The summed E-state index contributed by atoms with van der Waals surface area (Å²) >= 11 is 0. The van der Waals surface area contributed by atoms with Crippen LogP contribution in [0, 0.1) is 0 Å². The summed E-state index contributed by atoms with van der Waals surface area (Å²) in [6, 6.07) is 10.3. The maximum absolute atomic E-state index is 12.2. The van der Waals surface area contributed by atoms with Crippen LogP contribution in [-0.2, 0) is 22.3 Å². The molecule has 0 aliphatic rings. The maximum atomic E-state index is 12.2. The van der Waals surface area contributed by atoms with Gasteiger partial charge in [0, 0.05) is 12.7 Å². The van der Waals surface area contributed by atoms with E-state index in [2.05, 4.69) is 0 Å². The first kappa shape index (κ1) is 13.6. The second-order valence-corrected chi connectivity index (χ2v) is 6.41.